The van der Waals surface area contributed by atoms with Crippen molar-refractivity contribution in [1.82, 2.24) is 15.0 Å². The molecule has 0 aliphatic rings. The first-order chi connectivity index (χ1) is 5.81. The zero-order chi connectivity index (χ0) is 8.55. The first-order valence-electron chi connectivity index (χ1n) is 3.36. The van der Waals surface area contributed by atoms with Gasteiger partial charge in [-0.25, -0.2) is 9.07 Å². The zero-order valence-electron chi connectivity index (χ0n) is 6.04. The Bertz CT molecular complexity index is 412. The second-order valence-electron chi connectivity index (χ2n) is 2.34. The van der Waals surface area contributed by atoms with Gasteiger partial charge >= 0.3 is 0 Å². The van der Waals surface area contributed by atoms with E-state index >= 15 is 0 Å². The summed E-state index contributed by atoms with van der Waals surface area (Å²) >= 11 is 5.55. The molecule has 0 N–H and O–H groups in total. The van der Waals surface area contributed by atoms with Gasteiger partial charge < -0.3 is 0 Å². The van der Waals surface area contributed by atoms with E-state index in [0.717, 1.165) is 5.52 Å². The van der Waals surface area contributed by atoms with Crippen LogP contribution < -0.4 is 0 Å². The van der Waals surface area contributed by atoms with Gasteiger partial charge in [-0.15, -0.1) is 16.7 Å². The topological polar surface area (TPSA) is 30.7 Å². The Kier molecular flexibility index (Phi) is 1.69. The van der Waals surface area contributed by atoms with Gasteiger partial charge in [0.1, 0.15) is 17.3 Å². The third-order valence-electron chi connectivity index (χ3n) is 1.59. The molecule has 1 aromatic carbocycles. The molecule has 1 heterocycles. The first kappa shape index (κ1) is 7.49. The van der Waals surface area contributed by atoms with Gasteiger partial charge in [-0.3, -0.25) is 0 Å². The molecule has 0 amide bonds. The van der Waals surface area contributed by atoms with Crippen LogP contribution in [0.1, 0.15) is 0 Å². The first-order valence-corrected chi connectivity index (χ1v) is 3.89. The van der Waals surface area contributed by atoms with E-state index in [2.05, 4.69) is 10.3 Å². The van der Waals surface area contributed by atoms with E-state index in [1.165, 1.54) is 16.8 Å². The molecular formula is C7H5ClFN3. The van der Waals surface area contributed by atoms with Gasteiger partial charge in [-0.1, -0.05) is 5.21 Å². The lowest BCUT2D eigenvalue weighted by Gasteiger charge is -1.93. The molecule has 3 nitrogen and oxygen atoms in total. The lowest BCUT2D eigenvalue weighted by atomic mass is 10.3. The monoisotopic (exact) mass is 185 g/mol. The summed E-state index contributed by atoms with van der Waals surface area (Å²) in [6.45, 7) is 0. The van der Waals surface area contributed by atoms with Gasteiger partial charge in [0.25, 0.3) is 0 Å². The normalized spacial score (nSPS) is 10.8. The third kappa shape index (κ3) is 1.04. The van der Waals surface area contributed by atoms with Crippen molar-refractivity contribution < 1.29 is 4.39 Å². The van der Waals surface area contributed by atoms with Crippen LogP contribution >= 0.6 is 11.6 Å². The molecule has 0 aliphatic heterocycles. The molecule has 1 aromatic heterocycles. The fourth-order valence-electron chi connectivity index (χ4n) is 1.03. The summed E-state index contributed by atoms with van der Waals surface area (Å²) in [5.41, 5.74) is 1.27. The van der Waals surface area contributed by atoms with E-state index in [1.54, 1.807) is 6.07 Å². The average Bonchev–Trinajstić information content (AvgIpc) is 2.46. The molecule has 0 aliphatic carbocycles. The largest absolute Gasteiger partial charge is 0.230 e. The van der Waals surface area contributed by atoms with Gasteiger partial charge in [0.2, 0.25) is 0 Å². The predicted molar refractivity (Wildman–Crippen MR) is 43.3 cm³/mol. The molecule has 5 heteroatoms. The van der Waals surface area contributed by atoms with E-state index < -0.39 is 0 Å². The number of hydrogen-bond donors (Lipinski definition) is 0. The van der Waals surface area contributed by atoms with Crippen molar-refractivity contribution in [3.63, 3.8) is 0 Å². The van der Waals surface area contributed by atoms with E-state index in [-0.39, 0.29) is 11.8 Å². The molecule has 2 rings (SSSR count). The van der Waals surface area contributed by atoms with Crippen LogP contribution in [-0.2, 0) is 6.00 Å². The lowest BCUT2D eigenvalue weighted by Crippen LogP contribution is -1.93. The van der Waals surface area contributed by atoms with Crippen molar-refractivity contribution in [2.45, 2.75) is 6.00 Å². The summed E-state index contributed by atoms with van der Waals surface area (Å²) in [6.07, 6.45) is 0. The summed E-state index contributed by atoms with van der Waals surface area (Å²) in [6, 6.07) is 4.51. The fraction of sp³-hybridized carbons (Fsp3) is 0.143. The van der Waals surface area contributed by atoms with Crippen LogP contribution in [0.4, 0.5) is 4.39 Å². The highest BCUT2D eigenvalue weighted by molar-refractivity contribution is 6.15. The maximum atomic E-state index is 12.6. The number of hydrogen-bond acceptors (Lipinski definition) is 2. The second-order valence-corrected chi connectivity index (χ2v) is 2.58. The van der Waals surface area contributed by atoms with Gasteiger partial charge in [0.15, 0.2) is 0 Å². The van der Waals surface area contributed by atoms with Crippen molar-refractivity contribution in [2.24, 2.45) is 0 Å². The van der Waals surface area contributed by atoms with E-state index in [1.807, 2.05) is 0 Å². The van der Waals surface area contributed by atoms with E-state index in [4.69, 9.17) is 11.6 Å². The van der Waals surface area contributed by atoms with Crippen LogP contribution in [0.2, 0.25) is 0 Å². The number of rotatable bonds is 1. The van der Waals surface area contributed by atoms with Crippen molar-refractivity contribution in [2.75, 3.05) is 0 Å². The van der Waals surface area contributed by atoms with Gasteiger partial charge in [-0.2, -0.15) is 0 Å². The molecule has 2 aromatic rings. The maximum Gasteiger partial charge on any atom is 0.125 e. The molecule has 0 bridgehead atoms. The molecule has 0 unspecified atom stereocenters. The molecule has 0 atom stereocenters. The number of aromatic nitrogens is 3. The number of benzene rings is 1. The standard InChI is InChI=1S/C7H5ClFN3/c8-4-12-7-2-1-5(9)3-6(7)10-11-12/h1-3H,4H2. The van der Waals surface area contributed by atoms with Crippen molar-refractivity contribution >= 4 is 22.6 Å². The van der Waals surface area contributed by atoms with Gasteiger partial charge in [0.05, 0.1) is 5.52 Å². The van der Waals surface area contributed by atoms with E-state index in [0.29, 0.717) is 5.52 Å². The molecule has 0 fully saturated rings. The van der Waals surface area contributed by atoms with Crippen molar-refractivity contribution in [3.8, 4) is 0 Å². The number of fused-ring (bicyclic) bond motifs is 1. The molecule has 12 heavy (non-hydrogen) atoms. The van der Waals surface area contributed by atoms with E-state index in [9.17, 15) is 4.39 Å². The van der Waals surface area contributed by atoms with Gasteiger partial charge in [0, 0.05) is 6.07 Å². The highest BCUT2D eigenvalue weighted by Gasteiger charge is 2.03. The Morgan fingerprint density at radius 1 is 1.50 bits per heavy atom. The van der Waals surface area contributed by atoms with Crippen LogP contribution in [0.25, 0.3) is 11.0 Å². The summed E-state index contributed by atoms with van der Waals surface area (Å²) in [7, 11) is 0. The number of nitrogens with zero attached hydrogens (tertiary/aromatic N) is 3. The molecular weight excluding hydrogens is 181 g/mol. The van der Waals surface area contributed by atoms with Crippen LogP contribution in [0, 0.1) is 5.82 Å². The minimum Gasteiger partial charge on any atom is -0.230 e. The van der Waals surface area contributed by atoms with Crippen LogP contribution in [0.15, 0.2) is 18.2 Å². The van der Waals surface area contributed by atoms with Crippen molar-refractivity contribution in [1.29, 1.82) is 0 Å². The SMILES string of the molecule is Fc1ccc2c(c1)nnn2CCl. The molecule has 0 saturated carbocycles. The Morgan fingerprint density at radius 2 is 2.33 bits per heavy atom. The highest BCUT2D eigenvalue weighted by atomic mass is 35.5. The van der Waals surface area contributed by atoms with Crippen LogP contribution in [0.5, 0.6) is 0 Å². The minimum atomic E-state index is -0.316. The predicted octanol–water partition coefficient (Wildman–Crippen LogP) is 1.77. The van der Waals surface area contributed by atoms with Crippen LogP contribution in [-0.4, -0.2) is 15.0 Å². The van der Waals surface area contributed by atoms with Crippen molar-refractivity contribution in [3.05, 3.63) is 24.0 Å². The Hall–Kier alpha value is -1.16. The second kappa shape index (κ2) is 2.71. The minimum absolute atomic E-state index is 0.224. The Balaban J connectivity index is 2.73. The Labute approximate surface area is 72.7 Å². The molecule has 0 saturated heterocycles. The fourth-order valence-corrected chi connectivity index (χ4v) is 1.21. The maximum absolute atomic E-state index is 12.6. The summed E-state index contributed by atoms with van der Waals surface area (Å²) in [4.78, 5) is 0. The average molecular weight is 186 g/mol. The van der Waals surface area contributed by atoms with Gasteiger partial charge in [-0.05, 0) is 12.1 Å². The molecule has 0 spiro atoms. The summed E-state index contributed by atoms with van der Waals surface area (Å²) < 4.78 is 14.1. The molecule has 0 radical (unpaired) electrons. The Morgan fingerprint density at radius 3 is 3.08 bits per heavy atom. The smallest absolute Gasteiger partial charge is 0.125 e. The highest BCUT2D eigenvalue weighted by Crippen LogP contribution is 2.12. The quantitative estimate of drug-likeness (QED) is 0.634. The third-order valence-corrected chi connectivity index (χ3v) is 1.82. The lowest BCUT2D eigenvalue weighted by molar-refractivity contribution is 0.629. The number of alkyl halides is 1. The zero-order valence-corrected chi connectivity index (χ0v) is 6.79. The van der Waals surface area contributed by atoms with Crippen LogP contribution in [0.3, 0.4) is 0 Å². The molecule has 62 valence electrons. The summed E-state index contributed by atoms with van der Waals surface area (Å²) in [5.74, 6) is -0.316. The summed E-state index contributed by atoms with van der Waals surface area (Å²) in [5, 5.41) is 7.46. The number of halogens is 2.